The molecule has 2 saturated carbocycles. The summed E-state index contributed by atoms with van der Waals surface area (Å²) in [5.74, 6) is -3.72. The second kappa shape index (κ2) is 8.76. The smallest absolute Gasteiger partial charge is 0.263 e. The van der Waals surface area contributed by atoms with Crippen molar-refractivity contribution in [3.63, 3.8) is 0 Å². The lowest BCUT2D eigenvalue weighted by atomic mass is 9.86. The molecule has 3 rings (SSSR count). The third-order valence-corrected chi connectivity index (χ3v) is 5.73. The highest BCUT2D eigenvalue weighted by Crippen LogP contribution is 2.36. The molecule has 156 valence electrons. The lowest BCUT2D eigenvalue weighted by Crippen LogP contribution is -2.37. The number of amides is 1. The third kappa shape index (κ3) is 5.65. The van der Waals surface area contributed by atoms with Crippen molar-refractivity contribution in [1.82, 2.24) is 10.6 Å². The minimum atomic E-state index is -2.85. The molecule has 1 unspecified atom stereocenters. The van der Waals surface area contributed by atoms with Gasteiger partial charge in [-0.3, -0.25) is 4.79 Å². The molecule has 2 atom stereocenters. The molecular weight excluding hydrogens is 379 g/mol. The van der Waals surface area contributed by atoms with E-state index in [1.54, 1.807) is 0 Å². The number of nitrogens with one attached hydrogen (secondary N) is 2. The van der Waals surface area contributed by atoms with E-state index in [0.717, 1.165) is 31.0 Å². The minimum absolute atomic E-state index is 0.0586. The minimum Gasteiger partial charge on any atom is -0.349 e. The Morgan fingerprint density at radius 3 is 2.43 bits per heavy atom. The van der Waals surface area contributed by atoms with Crippen molar-refractivity contribution in [2.24, 2.45) is 5.92 Å². The Kier molecular flexibility index (Phi) is 6.58. The summed E-state index contributed by atoms with van der Waals surface area (Å²) in [7, 11) is 0. The second-order valence-electron chi connectivity index (χ2n) is 7.96. The Morgan fingerprint density at radius 2 is 1.75 bits per heavy atom. The molecule has 2 aliphatic carbocycles. The van der Waals surface area contributed by atoms with Crippen molar-refractivity contribution in [3.05, 3.63) is 35.1 Å². The molecule has 0 bridgehead atoms. The topological polar surface area (TPSA) is 41.1 Å². The predicted octanol–water partition coefficient (Wildman–Crippen LogP) is 4.83. The van der Waals surface area contributed by atoms with Crippen molar-refractivity contribution < 1.29 is 26.7 Å². The lowest BCUT2D eigenvalue weighted by Gasteiger charge is -2.29. The maximum atomic E-state index is 13.5. The number of carbonyl (C=O) groups excluding carboxylic acids is 1. The fraction of sp³-hybridized carbons (Fsp3) is 0.650. The van der Waals surface area contributed by atoms with Crippen LogP contribution in [0.25, 0.3) is 0 Å². The van der Waals surface area contributed by atoms with Crippen LogP contribution in [-0.4, -0.2) is 30.5 Å². The van der Waals surface area contributed by atoms with Crippen molar-refractivity contribution in [3.8, 4) is 0 Å². The van der Waals surface area contributed by atoms with Crippen LogP contribution in [-0.2, 0) is 0 Å². The van der Waals surface area contributed by atoms with Crippen LogP contribution in [0.4, 0.5) is 22.0 Å². The summed E-state index contributed by atoms with van der Waals surface area (Å²) in [6.45, 7) is 0.684. The Labute approximate surface area is 161 Å². The summed E-state index contributed by atoms with van der Waals surface area (Å²) in [6, 6.07) is 2.73. The highest BCUT2D eigenvalue weighted by molar-refractivity contribution is 5.94. The van der Waals surface area contributed by atoms with Crippen LogP contribution in [0.5, 0.6) is 0 Å². The summed E-state index contributed by atoms with van der Waals surface area (Å²) in [6.07, 6.45) is 0.293. The van der Waals surface area contributed by atoms with E-state index in [1.807, 2.05) is 0 Å². The van der Waals surface area contributed by atoms with Gasteiger partial charge in [0.25, 0.3) is 12.3 Å². The molecule has 0 aromatic heterocycles. The average molecular weight is 404 g/mol. The van der Waals surface area contributed by atoms with Crippen LogP contribution < -0.4 is 10.6 Å². The van der Waals surface area contributed by atoms with E-state index in [4.69, 9.17) is 0 Å². The first kappa shape index (κ1) is 21.0. The van der Waals surface area contributed by atoms with Gasteiger partial charge in [-0.25, -0.2) is 22.0 Å². The molecule has 3 nitrogen and oxygen atoms in total. The van der Waals surface area contributed by atoms with Gasteiger partial charge in [0.15, 0.2) is 0 Å². The molecule has 0 saturated heterocycles. The van der Waals surface area contributed by atoms with E-state index in [-0.39, 0.29) is 36.4 Å². The summed E-state index contributed by atoms with van der Waals surface area (Å²) >= 11 is 0. The molecule has 2 N–H and O–H groups in total. The standard InChI is InChI=1S/C20H25F5N2O/c21-15-8-13(18(22)23)7-14(9-15)19(28)27-17-2-1-16(10-17)26-11-12-3-5-20(24,25)6-4-12/h7-9,12,16-18,26H,1-6,10-11H2,(H,27,28)/t16-,17?/m0/s1. The van der Waals surface area contributed by atoms with Crippen molar-refractivity contribution in [2.75, 3.05) is 6.54 Å². The highest BCUT2D eigenvalue weighted by Gasteiger charge is 2.35. The van der Waals surface area contributed by atoms with E-state index >= 15 is 0 Å². The number of halogens is 5. The lowest BCUT2D eigenvalue weighted by molar-refractivity contribution is -0.0456. The Morgan fingerprint density at radius 1 is 1.07 bits per heavy atom. The number of carbonyl (C=O) groups is 1. The van der Waals surface area contributed by atoms with Gasteiger partial charge in [-0.05, 0) is 62.8 Å². The molecule has 0 radical (unpaired) electrons. The Balaban J connectivity index is 1.45. The van der Waals surface area contributed by atoms with Crippen molar-refractivity contribution in [1.29, 1.82) is 0 Å². The maximum absolute atomic E-state index is 13.5. The average Bonchev–Trinajstić information content (AvgIpc) is 3.07. The number of rotatable bonds is 6. The van der Waals surface area contributed by atoms with Gasteiger partial charge < -0.3 is 10.6 Å². The predicted molar refractivity (Wildman–Crippen MR) is 95.2 cm³/mol. The van der Waals surface area contributed by atoms with Gasteiger partial charge in [-0.2, -0.15) is 0 Å². The number of hydrogen-bond acceptors (Lipinski definition) is 2. The Bertz CT molecular complexity index is 687. The van der Waals surface area contributed by atoms with E-state index in [0.29, 0.717) is 25.8 Å². The van der Waals surface area contributed by atoms with Crippen molar-refractivity contribution in [2.45, 2.75) is 69.4 Å². The zero-order chi connectivity index (χ0) is 20.3. The zero-order valence-corrected chi connectivity index (χ0v) is 15.5. The third-order valence-electron chi connectivity index (χ3n) is 5.73. The molecule has 0 aliphatic heterocycles. The summed E-state index contributed by atoms with van der Waals surface area (Å²) in [5, 5.41) is 6.18. The summed E-state index contributed by atoms with van der Waals surface area (Å²) in [5.41, 5.74) is -0.635. The van der Waals surface area contributed by atoms with Gasteiger partial charge in [-0.1, -0.05) is 0 Å². The molecule has 28 heavy (non-hydrogen) atoms. The first-order valence-electron chi connectivity index (χ1n) is 9.72. The van der Waals surface area contributed by atoms with Crippen LogP contribution in [0, 0.1) is 11.7 Å². The first-order valence-corrected chi connectivity index (χ1v) is 9.72. The quantitative estimate of drug-likeness (QED) is 0.667. The Hall–Kier alpha value is -1.70. The van der Waals surface area contributed by atoms with Gasteiger partial charge in [0.05, 0.1) is 0 Å². The van der Waals surface area contributed by atoms with Crippen LogP contribution >= 0.6 is 0 Å². The van der Waals surface area contributed by atoms with E-state index in [2.05, 4.69) is 10.6 Å². The maximum Gasteiger partial charge on any atom is 0.263 e. The molecule has 1 amide bonds. The van der Waals surface area contributed by atoms with Gasteiger partial charge in [-0.15, -0.1) is 0 Å². The van der Waals surface area contributed by atoms with Crippen LogP contribution in [0.15, 0.2) is 18.2 Å². The number of hydrogen-bond donors (Lipinski definition) is 2. The molecule has 0 heterocycles. The van der Waals surface area contributed by atoms with Gasteiger partial charge in [0.1, 0.15) is 5.82 Å². The largest absolute Gasteiger partial charge is 0.349 e. The van der Waals surface area contributed by atoms with E-state index < -0.39 is 29.6 Å². The number of alkyl halides is 4. The first-order chi connectivity index (χ1) is 13.2. The normalized spacial score (nSPS) is 25.2. The summed E-state index contributed by atoms with van der Waals surface area (Å²) < 4.78 is 65.4. The fourth-order valence-corrected chi connectivity index (χ4v) is 4.07. The molecular formula is C20H25F5N2O. The van der Waals surface area contributed by atoms with Gasteiger partial charge >= 0.3 is 0 Å². The molecule has 2 aliphatic rings. The molecule has 8 heteroatoms. The molecule has 1 aromatic rings. The fourth-order valence-electron chi connectivity index (χ4n) is 4.07. The zero-order valence-electron chi connectivity index (χ0n) is 15.5. The van der Waals surface area contributed by atoms with E-state index in [1.165, 1.54) is 0 Å². The van der Waals surface area contributed by atoms with E-state index in [9.17, 15) is 26.7 Å². The SMILES string of the molecule is O=C(NC1CC[C@H](NCC2CCC(F)(F)CC2)C1)c1cc(F)cc(C(F)F)c1. The summed E-state index contributed by atoms with van der Waals surface area (Å²) in [4.78, 5) is 12.3. The molecule has 2 fully saturated rings. The number of benzene rings is 1. The van der Waals surface area contributed by atoms with Crippen LogP contribution in [0.3, 0.4) is 0 Å². The van der Waals surface area contributed by atoms with Gasteiger partial charge in [0, 0.05) is 36.1 Å². The van der Waals surface area contributed by atoms with Crippen LogP contribution in [0.2, 0.25) is 0 Å². The highest BCUT2D eigenvalue weighted by atomic mass is 19.3. The van der Waals surface area contributed by atoms with Gasteiger partial charge in [0.2, 0.25) is 5.92 Å². The molecule has 0 spiro atoms. The monoisotopic (exact) mass is 404 g/mol. The van der Waals surface area contributed by atoms with Crippen molar-refractivity contribution >= 4 is 5.91 Å². The van der Waals surface area contributed by atoms with Crippen LogP contribution in [0.1, 0.15) is 67.3 Å². The second-order valence-corrected chi connectivity index (χ2v) is 7.96. The molecule has 1 aromatic carbocycles.